The van der Waals surface area contributed by atoms with Crippen molar-refractivity contribution in [2.24, 2.45) is 0 Å². The van der Waals surface area contributed by atoms with Crippen molar-refractivity contribution in [3.8, 4) is 0 Å². The maximum Gasteiger partial charge on any atom is 0.328 e. The van der Waals surface area contributed by atoms with Crippen molar-refractivity contribution >= 4 is 5.91 Å². The zero-order chi connectivity index (χ0) is 16.8. The lowest BCUT2D eigenvalue weighted by Crippen LogP contribution is -2.34. The lowest BCUT2D eigenvalue weighted by atomic mass is 10.4. The van der Waals surface area contributed by atoms with Crippen LogP contribution in [-0.2, 0) is 17.9 Å². The van der Waals surface area contributed by atoms with Gasteiger partial charge >= 0.3 is 5.69 Å². The van der Waals surface area contributed by atoms with Crippen molar-refractivity contribution in [2.75, 3.05) is 6.54 Å². The van der Waals surface area contributed by atoms with Gasteiger partial charge in [0.25, 0.3) is 11.1 Å². The van der Waals surface area contributed by atoms with Crippen LogP contribution in [0.15, 0.2) is 38.8 Å². The first-order valence-corrected chi connectivity index (χ1v) is 7.07. The van der Waals surface area contributed by atoms with E-state index in [9.17, 15) is 19.2 Å². The van der Waals surface area contributed by atoms with Gasteiger partial charge in [0.05, 0.1) is 12.2 Å². The summed E-state index contributed by atoms with van der Waals surface area (Å²) in [4.78, 5) is 47.8. The van der Waals surface area contributed by atoms with Gasteiger partial charge < -0.3 is 9.88 Å². The van der Waals surface area contributed by atoms with Crippen LogP contribution in [0.4, 0.5) is 0 Å². The number of nitrogens with zero attached hydrogens (tertiary/aromatic N) is 3. The van der Waals surface area contributed by atoms with Gasteiger partial charge in [-0.1, -0.05) is 0 Å². The van der Waals surface area contributed by atoms with Crippen molar-refractivity contribution in [3.63, 3.8) is 0 Å². The van der Waals surface area contributed by atoms with E-state index in [0.717, 1.165) is 0 Å². The average Bonchev–Trinajstić information content (AvgIpc) is 2.50. The van der Waals surface area contributed by atoms with Gasteiger partial charge in [-0.25, -0.2) is 9.48 Å². The number of amides is 1. The molecular formula is C14H17N5O4. The largest absolute Gasteiger partial charge is 0.354 e. The molecule has 0 saturated heterocycles. The Kier molecular flexibility index (Phi) is 5.23. The normalized spacial score (nSPS) is 10.5. The van der Waals surface area contributed by atoms with E-state index >= 15 is 0 Å². The fraction of sp³-hybridized carbons (Fsp3) is 0.357. The van der Waals surface area contributed by atoms with E-state index in [2.05, 4.69) is 15.4 Å². The van der Waals surface area contributed by atoms with Crippen LogP contribution in [0, 0.1) is 6.92 Å². The third-order valence-corrected chi connectivity index (χ3v) is 3.12. The highest BCUT2D eigenvalue weighted by molar-refractivity contribution is 5.75. The SMILES string of the molecule is Cc1ccc(=O)n(CCNC(=O)CCn2ccc(=O)[nH]c2=O)n1. The van der Waals surface area contributed by atoms with Crippen LogP contribution in [-0.4, -0.2) is 31.8 Å². The van der Waals surface area contributed by atoms with E-state index in [1.54, 1.807) is 13.0 Å². The molecule has 122 valence electrons. The smallest absolute Gasteiger partial charge is 0.328 e. The van der Waals surface area contributed by atoms with Gasteiger partial charge in [-0.3, -0.25) is 19.4 Å². The molecule has 0 bridgehead atoms. The number of carbonyl (C=O) groups is 1. The van der Waals surface area contributed by atoms with Gasteiger partial charge in [0.1, 0.15) is 0 Å². The quantitative estimate of drug-likeness (QED) is 0.679. The molecule has 0 radical (unpaired) electrons. The lowest BCUT2D eigenvalue weighted by Gasteiger charge is -2.08. The number of H-pyrrole nitrogens is 1. The number of aryl methyl sites for hydroxylation is 2. The number of rotatable bonds is 6. The van der Waals surface area contributed by atoms with Crippen LogP contribution in [0.25, 0.3) is 0 Å². The summed E-state index contributed by atoms with van der Waals surface area (Å²) in [6, 6.07) is 4.27. The Bertz CT molecular complexity index is 864. The minimum absolute atomic E-state index is 0.0854. The van der Waals surface area contributed by atoms with Crippen LogP contribution < -0.4 is 22.1 Å². The van der Waals surface area contributed by atoms with Gasteiger partial charge in [-0.15, -0.1) is 0 Å². The Labute approximate surface area is 130 Å². The predicted octanol–water partition coefficient (Wildman–Crippen LogP) is -1.39. The fourth-order valence-electron chi connectivity index (χ4n) is 1.94. The highest BCUT2D eigenvalue weighted by atomic mass is 16.2. The summed E-state index contributed by atoms with van der Waals surface area (Å²) in [5.74, 6) is -0.260. The molecule has 0 aromatic carbocycles. The van der Waals surface area contributed by atoms with Crippen LogP contribution in [0.5, 0.6) is 0 Å². The molecule has 9 nitrogen and oxygen atoms in total. The summed E-state index contributed by atoms with van der Waals surface area (Å²) < 4.78 is 2.52. The number of hydrogen-bond donors (Lipinski definition) is 2. The van der Waals surface area contributed by atoms with E-state index in [-0.39, 0.29) is 37.5 Å². The van der Waals surface area contributed by atoms with Crippen LogP contribution >= 0.6 is 0 Å². The standard InChI is InChI=1S/C14H17N5O4/c1-10-2-3-13(22)19(17-10)9-6-15-11(20)4-7-18-8-5-12(21)16-14(18)23/h2-3,5,8H,4,6-7,9H2,1H3,(H,15,20)(H,16,21,23). The minimum Gasteiger partial charge on any atom is -0.354 e. The lowest BCUT2D eigenvalue weighted by molar-refractivity contribution is -0.121. The average molecular weight is 319 g/mol. The summed E-state index contributed by atoms with van der Waals surface area (Å²) in [6.45, 7) is 2.46. The molecule has 2 aromatic rings. The first-order valence-electron chi connectivity index (χ1n) is 7.07. The molecule has 0 aliphatic carbocycles. The molecule has 2 heterocycles. The Morgan fingerprint density at radius 3 is 2.74 bits per heavy atom. The Balaban J connectivity index is 1.81. The third kappa shape index (κ3) is 4.77. The van der Waals surface area contributed by atoms with E-state index < -0.39 is 11.2 Å². The second-order valence-electron chi connectivity index (χ2n) is 4.94. The first kappa shape index (κ1) is 16.4. The molecule has 0 aliphatic rings. The second-order valence-corrected chi connectivity index (χ2v) is 4.94. The van der Waals surface area contributed by atoms with Crippen molar-refractivity contribution in [1.29, 1.82) is 0 Å². The fourth-order valence-corrected chi connectivity index (χ4v) is 1.94. The molecule has 2 rings (SSSR count). The molecule has 0 fully saturated rings. The van der Waals surface area contributed by atoms with Gasteiger partial charge in [0.15, 0.2) is 0 Å². The van der Waals surface area contributed by atoms with Crippen molar-refractivity contribution in [3.05, 3.63) is 61.3 Å². The third-order valence-electron chi connectivity index (χ3n) is 3.12. The minimum atomic E-state index is -0.555. The number of carbonyl (C=O) groups excluding carboxylic acids is 1. The second kappa shape index (κ2) is 7.34. The molecule has 1 amide bonds. The van der Waals surface area contributed by atoms with E-state index in [4.69, 9.17) is 0 Å². The van der Waals surface area contributed by atoms with E-state index in [0.29, 0.717) is 5.69 Å². The Morgan fingerprint density at radius 2 is 2.00 bits per heavy atom. The summed E-state index contributed by atoms with van der Waals surface area (Å²) >= 11 is 0. The van der Waals surface area contributed by atoms with Crippen molar-refractivity contribution in [2.45, 2.75) is 26.4 Å². The Morgan fingerprint density at radius 1 is 1.22 bits per heavy atom. The topological polar surface area (TPSA) is 119 Å². The zero-order valence-corrected chi connectivity index (χ0v) is 12.6. The van der Waals surface area contributed by atoms with Gasteiger partial charge in [-0.2, -0.15) is 5.10 Å². The summed E-state index contributed by atoms with van der Waals surface area (Å²) in [5.41, 5.74) is -0.550. The van der Waals surface area contributed by atoms with E-state index in [1.807, 2.05) is 0 Å². The summed E-state index contributed by atoms with van der Waals surface area (Å²) in [6.07, 6.45) is 1.42. The van der Waals surface area contributed by atoms with Crippen LogP contribution in [0.3, 0.4) is 0 Å². The maximum atomic E-state index is 11.7. The molecule has 0 unspecified atom stereocenters. The van der Waals surface area contributed by atoms with Crippen molar-refractivity contribution in [1.82, 2.24) is 24.6 Å². The number of hydrogen-bond acceptors (Lipinski definition) is 5. The number of aromatic nitrogens is 4. The highest BCUT2D eigenvalue weighted by Gasteiger charge is 2.04. The van der Waals surface area contributed by atoms with Crippen LogP contribution in [0.1, 0.15) is 12.1 Å². The maximum absolute atomic E-state index is 11.7. The molecule has 0 spiro atoms. The molecule has 23 heavy (non-hydrogen) atoms. The molecule has 9 heteroatoms. The molecule has 2 N–H and O–H groups in total. The van der Waals surface area contributed by atoms with Gasteiger partial charge in [0, 0.05) is 37.8 Å². The van der Waals surface area contributed by atoms with Gasteiger partial charge in [-0.05, 0) is 13.0 Å². The monoisotopic (exact) mass is 319 g/mol. The summed E-state index contributed by atoms with van der Waals surface area (Å²) in [5, 5.41) is 6.71. The zero-order valence-electron chi connectivity index (χ0n) is 12.6. The molecule has 0 saturated carbocycles. The van der Waals surface area contributed by atoms with Crippen molar-refractivity contribution < 1.29 is 4.79 Å². The predicted molar refractivity (Wildman–Crippen MR) is 82.2 cm³/mol. The van der Waals surface area contributed by atoms with Gasteiger partial charge in [0.2, 0.25) is 5.91 Å². The molecule has 0 atom stereocenters. The summed E-state index contributed by atoms with van der Waals surface area (Å²) in [7, 11) is 0. The number of aromatic amines is 1. The first-order chi connectivity index (χ1) is 11.0. The number of nitrogens with one attached hydrogen (secondary N) is 2. The van der Waals surface area contributed by atoms with Crippen LogP contribution in [0.2, 0.25) is 0 Å². The molecule has 0 aliphatic heterocycles. The Hall–Kier alpha value is -2.97. The van der Waals surface area contributed by atoms with E-state index in [1.165, 1.54) is 27.6 Å². The molecular weight excluding hydrogens is 302 g/mol. The molecule has 2 aromatic heterocycles. The highest BCUT2D eigenvalue weighted by Crippen LogP contribution is 1.87.